The van der Waals surface area contributed by atoms with E-state index in [4.69, 9.17) is 16.3 Å². The number of rotatable bonds is 5. The van der Waals surface area contributed by atoms with E-state index in [-0.39, 0.29) is 12.2 Å². The molecule has 0 spiro atoms. The molecule has 1 amide bonds. The maximum absolute atomic E-state index is 13.3. The van der Waals surface area contributed by atoms with Crippen molar-refractivity contribution in [2.24, 2.45) is 5.10 Å². The van der Waals surface area contributed by atoms with Crippen LogP contribution in [0.15, 0.2) is 53.6 Å². The minimum atomic E-state index is -0.447. The van der Waals surface area contributed by atoms with E-state index in [2.05, 4.69) is 10.5 Å². The number of ether oxygens (including phenoxy) is 1. The van der Waals surface area contributed by atoms with E-state index in [9.17, 15) is 9.18 Å². The van der Waals surface area contributed by atoms with E-state index in [1.165, 1.54) is 12.3 Å². The van der Waals surface area contributed by atoms with Gasteiger partial charge in [0.25, 0.3) is 5.91 Å². The summed E-state index contributed by atoms with van der Waals surface area (Å²) in [5.41, 5.74) is 2.54. The van der Waals surface area contributed by atoms with Crippen molar-refractivity contribution in [2.75, 3.05) is 6.61 Å². The molecular formula is C15H12ClFN2O2. The van der Waals surface area contributed by atoms with E-state index < -0.39 is 11.7 Å². The summed E-state index contributed by atoms with van der Waals surface area (Å²) in [5, 5.41) is 4.25. The molecule has 2 aromatic rings. The zero-order valence-corrected chi connectivity index (χ0v) is 11.7. The maximum atomic E-state index is 13.3. The maximum Gasteiger partial charge on any atom is 0.277 e. The van der Waals surface area contributed by atoms with Crippen LogP contribution in [-0.4, -0.2) is 18.7 Å². The van der Waals surface area contributed by atoms with Gasteiger partial charge in [-0.05, 0) is 30.3 Å². The molecule has 0 aromatic heterocycles. The van der Waals surface area contributed by atoms with Crippen LogP contribution in [0.4, 0.5) is 4.39 Å². The fourth-order valence-corrected chi connectivity index (χ4v) is 1.59. The summed E-state index contributed by atoms with van der Waals surface area (Å²) in [6.07, 6.45) is 1.23. The third kappa shape index (κ3) is 4.89. The first kappa shape index (κ1) is 15.0. The summed E-state index contributed by atoms with van der Waals surface area (Å²) in [7, 11) is 0. The van der Waals surface area contributed by atoms with Crippen LogP contribution < -0.4 is 10.2 Å². The highest BCUT2D eigenvalue weighted by Gasteiger charge is 2.02. The van der Waals surface area contributed by atoms with Gasteiger partial charge in [0.1, 0.15) is 11.6 Å². The quantitative estimate of drug-likeness (QED) is 0.682. The topological polar surface area (TPSA) is 50.7 Å². The number of carbonyl (C=O) groups is 1. The first-order valence-electron chi connectivity index (χ1n) is 6.10. The number of hydrogen-bond acceptors (Lipinski definition) is 3. The summed E-state index contributed by atoms with van der Waals surface area (Å²) in [6.45, 7) is -0.198. The van der Waals surface area contributed by atoms with Gasteiger partial charge in [0, 0.05) is 10.6 Å². The van der Waals surface area contributed by atoms with Gasteiger partial charge in [0.05, 0.1) is 6.21 Å². The Bertz CT molecular complexity index is 644. The van der Waals surface area contributed by atoms with E-state index in [0.717, 1.165) is 0 Å². The molecule has 0 bridgehead atoms. The van der Waals surface area contributed by atoms with Crippen LogP contribution in [0.25, 0.3) is 0 Å². The van der Waals surface area contributed by atoms with E-state index in [0.29, 0.717) is 10.8 Å². The number of carbonyl (C=O) groups excluding carboxylic acids is 1. The lowest BCUT2D eigenvalue weighted by atomic mass is 10.2. The molecule has 108 valence electrons. The Morgan fingerprint density at radius 3 is 2.67 bits per heavy atom. The molecule has 0 saturated carbocycles. The average molecular weight is 307 g/mol. The lowest BCUT2D eigenvalue weighted by Gasteiger charge is -2.04. The molecule has 0 aliphatic carbocycles. The van der Waals surface area contributed by atoms with Crippen molar-refractivity contribution in [3.8, 4) is 5.75 Å². The van der Waals surface area contributed by atoms with Gasteiger partial charge >= 0.3 is 0 Å². The van der Waals surface area contributed by atoms with E-state index in [1.54, 1.807) is 42.5 Å². The van der Waals surface area contributed by atoms with Crippen molar-refractivity contribution in [3.63, 3.8) is 0 Å². The Morgan fingerprint density at radius 1 is 1.24 bits per heavy atom. The second-order valence-corrected chi connectivity index (χ2v) is 4.49. The summed E-state index contributed by atoms with van der Waals surface area (Å²) in [4.78, 5) is 11.5. The van der Waals surface area contributed by atoms with Gasteiger partial charge in [0.2, 0.25) is 0 Å². The van der Waals surface area contributed by atoms with Crippen molar-refractivity contribution in [3.05, 3.63) is 64.9 Å². The second kappa shape index (κ2) is 7.40. The number of hydrazone groups is 1. The van der Waals surface area contributed by atoms with Gasteiger partial charge in [-0.15, -0.1) is 0 Å². The van der Waals surface area contributed by atoms with Crippen molar-refractivity contribution < 1.29 is 13.9 Å². The van der Waals surface area contributed by atoms with Gasteiger partial charge in [-0.25, -0.2) is 9.82 Å². The smallest absolute Gasteiger partial charge is 0.277 e. The van der Waals surface area contributed by atoms with Crippen LogP contribution in [0.1, 0.15) is 5.56 Å². The zero-order chi connectivity index (χ0) is 15.1. The molecule has 6 heteroatoms. The molecule has 2 rings (SSSR count). The molecule has 0 heterocycles. The molecule has 0 fully saturated rings. The normalized spacial score (nSPS) is 10.6. The minimum absolute atomic E-state index is 0.198. The Hall–Kier alpha value is -2.40. The van der Waals surface area contributed by atoms with Crippen LogP contribution in [0.3, 0.4) is 0 Å². The highest BCUT2D eigenvalue weighted by Crippen LogP contribution is 2.15. The minimum Gasteiger partial charge on any atom is -0.484 e. The van der Waals surface area contributed by atoms with E-state index in [1.807, 2.05) is 0 Å². The summed E-state index contributed by atoms with van der Waals surface area (Å²) in [5.74, 6) is -0.335. The Labute approximate surface area is 126 Å². The molecule has 1 N–H and O–H groups in total. The fraction of sp³-hybridized carbons (Fsp3) is 0.0667. The van der Waals surface area contributed by atoms with Crippen LogP contribution >= 0.6 is 11.6 Å². The van der Waals surface area contributed by atoms with Crippen molar-refractivity contribution >= 4 is 23.7 Å². The Morgan fingerprint density at radius 2 is 1.95 bits per heavy atom. The molecule has 0 unspecified atom stereocenters. The predicted molar refractivity (Wildman–Crippen MR) is 79.1 cm³/mol. The molecular weight excluding hydrogens is 295 g/mol. The Balaban J connectivity index is 1.80. The van der Waals surface area contributed by atoms with Crippen LogP contribution in [0, 0.1) is 5.82 Å². The predicted octanol–water partition coefficient (Wildman–Crippen LogP) is 3.01. The van der Waals surface area contributed by atoms with Gasteiger partial charge in [-0.3, -0.25) is 4.79 Å². The van der Waals surface area contributed by atoms with Gasteiger partial charge < -0.3 is 4.74 Å². The largest absolute Gasteiger partial charge is 0.484 e. The van der Waals surface area contributed by atoms with Crippen LogP contribution in [0.2, 0.25) is 5.02 Å². The highest BCUT2D eigenvalue weighted by molar-refractivity contribution is 6.30. The third-order valence-electron chi connectivity index (χ3n) is 2.48. The first-order valence-corrected chi connectivity index (χ1v) is 6.48. The van der Waals surface area contributed by atoms with Crippen molar-refractivity contribution in [1.82, 2.24) is 5.43 Å². The molecule has 0 saturated heterocycles. The number of halogens is 2. The lowest BCUT2D eigenvalue weighted by molar-refractivity contribution is -0.123. The van der Waals surface area contributed by atoms with Gasteiger partial charge in [-0.2, -0.15) is 5.10 Å². The SMILES string of the molecule is O=C(COc1ccc(Cl)cc1)N/N=C/c1ccccc1F. The molecule has 0 aliphatic heterocycles. The molecule has 2 aromatic carbocycles. The number of amides is 1. The first-order chi connectivity index (χ1) is 10.1. The summed E-state index contributed by atoms with van der Waals surface area (Å²) in [6, 6.07) is 12.7. The molecule has 0 aliphatic rings. The Kier molecular flexibility index (Phi) is 5.29. The molecule has 4 nitrogen and oxygen atoms in total. The standard InChI is InChI=1S/C15H12ClFN2O2/c16-12-5-7-13(8-6-12)21-10-15(20)19-18-9-11-3-1-2-4-14(11)17/h1-9H,10H2,(H,19,20)/b18-9+. The van der Waals surface area contributed by atoms with Crippen LogP contribution in [-0.2, 0) is 4.79 Å². The lowest BCUT2D eigenvalue weighted by Crippen LogP contribution is -2.24. The molecule has 21 heavy (non-hydrogen) atoms. The molecule has 0 radical (unpaired) electrons. The van der Waals surface area contributed by atoms with Gasteiger partial charge in [-0.1, -0.05) is 29.8 Å². The number of hydrogen-bond donors (Lipinski definition) is 1. The van der Waals surface area contributed by atoms with Crippen molar-refractivity contribution in [2.45, 2.75) is 0 Å². The van der Waals surface area contributed by atoms with E-state index >= 15 is 0 Å². The average Bonchev–Trinajstić information content (AvgIpc) is 2.49. The number of nitrogens with zero attached hydrogens (tertiary/aromatic N) is 1. The monoisotopic (exact) mass is 306 g/mol. The summed E-state index contributed by atoms with van der Waals surface area (Å²) < 4.78 is 18.5. The van der Waals surface area contributed by atoms with Gasteiger partial charge in [0.15, 0.2) is 6.61 Å². The van der Waals surface area contributed by atoms with Crippen molar-refractivity contribution in [1.29, 1.82) is 0 Å². The number of benzene rings is 2. The second-order valence-electron chi connectivity index (χ2n) is 4.06. The number of nitrogens with one attached hydrogen (secondary N) is 1. The fourth-order valence-electron chi connectivity index (χ4n) is 1.47. The zero-order valence-electron chi connectivity index (χ0n) is 10.9. The third-order valence-corrected chi connectivity index (χ3v) is 2.73. The highest BCUT2D eigenvalue weighted by atomic mass is 35.5. The molecule has 0 atom stereocenters. The summed E-state index contributed by atoms with van der Waals surface area (Å²) >= 11 is 5.73. The van der Waals surface area contributed by atoms with Crippen LogP contribution in [0.5, 0.6) is 5.75 Å².